The standard InChI is InChI=1S/C22H25N3O2S/c1-15-7-6-10-18-13-19(21(27)24-20(15)18)14-25(11-12-26)22(28)23-16(2)17-8-4-3-5-9-17/h3-10,13,16,26H,11-12,14H2,1-2H3,(H,23,28)(H,24,27)/t16-/m0/s1. The molecule has 0 saturated heterocycles. The number of aliphatic hydroxyl groups excluding tert-OH is 1. The first-order valence-electron chi connectivity index (χ1n) is 9.32. The molecule has 0 radical (unpaired) electrons. The van der Waals surface area contributed by atoms with Crippen LogP contribution in [0.5, 0.6) is 0 Å². The van der Waals surface area contributed by atoms with E-state index in [1.807, 2.05) is 73.3 Å². The molecule has 0 unspecified atom stereocenters. The largest absolute Gasteiger partial charge is 0.395 e. The SMILES string of the molecule is Cc1cccc2cc(CN(CCO)C(=S)N[C@@H](C)c3ccccc3)c(=O)[nH]c12. The molecule has 3 N–H and O–H groups in total. The van der Waals surface area contributed by atoms with E-state index in [9.17, 15) is 9.90 Å². The molecule has 0 amide bonds. The molecule has 0 aliphatic carbocycles. The van der Waals surface area contributed by atoms with Gasteiger partial charge in [-0.2, -0.15) is 0 Å². The van der Waals surface area contributed by atoms with E-state index in [-0.39, 0.29) is 18.2 Å². The van der Waals surface area contributed by atoms with Crippen molar-refractivity contribution < 1.29 is 5.11 Å². The van der Waals surface area contributed by atoms with Crippen LogP contribution in [0.3, 0.4) is 0 Å². The molecular formula is C22H25N3O2S. The topological polar surface area (TPSA) is 68.4 Å². The van der Waals surface area contributed by atoms with Gasteiger partial charge in [-0.15, -0.1) is 0 Å². The van der Waals surface area contributed by atoms with Crippen molar-refractivity contribution in [3.8, 4) is 0 Å². The van der Waals surface area contributed by atoms with Gasteiger partial charge >= 0.3 is 0 Å². The number of aromatic amines is 1. The van der Waals surface area contributed by atoms with Crippen LogP contribution in [0.15, 0.2) is 59.4 Å². The number of aryl methyl sites for hydroxylation is 1. The number of pyridine rings is 1. The van der Waals surface area contributed by atoms with Crippen molar-refractivity contribution in [1.82, 2.24) is 15.2 Å². The van der Waals surface area contributed by atoms with Crippen LogP contribution in [0.4, 0.5) is 0 Å². The fraction of sp³-hybridized carbons (Fsp3) is 0.273. The normalized spacial score (nSPS) is 12.0. The van der Waals surface area contributed by atoms with Crippen LogP contribution in [-0.4, -0.2) is 33.3 Å². The van der Waals surface area contributed by atoms with E-state index >= 15 is 0 Å². The third-order valence-corrected chi connectivity index (χ3v) is 5.20. The van der Waals surface area contributed by atoms with Gasteiger partial charge in [0.05, 0.1) is 24.7 Å². The Morgan fingerprint density at radius 2 is 1.96 bits per heavy atom. The molecule has 1 aromatic heterocycles. The quantitative estimate of drug-likeness (QED) is 0.559. The molecule has 1 atom stereocenters. The van der Waals surface area contributed by atoms with E-state index in [0.29, 0.717) is 23.8 Å². The maximum atomic E-state index is 12.6. The highest BCUT2D eigenvalue weighted by Gasteiger charge is 2.15. The van der Waals surface area contributed by atoms with Crippen molar-refractivity contribution in [3.05, 3.63) is 81.6 Å². The minimum absolute atomic E-state index is 0.0208. The summed E-state index contributed by atoms with van der Waals surface area (Å²) in [5.41, 5.74) is 3.48. The number of para-hydroxylation sites is 1. The summed E-state index contributed by atoms with van der Waals surface area (Å²) >= 11 is 5.57. The van der Waals surface area contributed by atoms with Gasteiger partial charge in [-0.1, -0.05) is 48.5 Å². The van der Waals surface area contributed by atoms with Crippen molar-refractivity contribution in [2.24, 2.45) is 0 Å². The van der Waals surface area contributed by atoms with Crippen molar-refractivity contribution in [2.75, 3.05) is 13.2 Å². The van der Waals surface area contributed by atoms with Gasteiger partial charge in [0.2, 0.25) is 0 Å². The Hall–Kier alpha value is -2.70. The molecule has 2 aromatic carbocycles. The highest BCUT2D eigenvalue weighted by Crippen LogP contribution is 2.16. The summed E-state index contributed by atoms with van der Waals surface area (Å²) < 4.78 is 0. The van der Waals surface area contributed by atoms with Crippen LogP contribution in [0.1, 0.15) is 29.7 Å². The number of thiocarbonyl (C=S) groups is 1. The van der Waals surface area contributed by atoms with E-state index in [4.69, 9.17) is 12.2 Å². The Balaban J connectivity index is 1.81. The number of hydrogen-bond acceptors (Lipinski definition) is 3. The molecule has 0 spiro atoms. The fourth-order valence-corrected chi connectivity index (χ4v) is 3.56. The van der Waals surface area contributed by atoms with Gasteiger partial charge in [0.15, 0.2) is 5.11 Å². The second kappa shape index (κ2) is 8.99. The van der Waals surface area contributed by atoms with Crippen LogP contribution >= 0.6 is 12.2 Å². The van der Waals surface area contributed by atoms with E-state index in [2.05, 4.69) is 10.3 Å². The van der Waals surface area contributed by atoms with Crippen LogP contribution < -0.4 is 10.9 Å². The average Bonchev–Trinajstić information content (AvgIpc) is 2.69. The third kappa shape index (κ3) is 4.58. The number of aliphatic hydroxyl groups is 1. The Morgan fingerprint density at radius 3 is 2.68 bits per heavy atom. The summed E-state index contributed by atoms with van der Waals surface area (Å²) in [5, 5.41) is 14.3. The number of H-pyrrole nitrogens is 1. The summed E-state index contributed by atoms with van der Waals surface area (Å²) in [6.07, 6.45) is 0. The Labute approximate surface area is 170 Å². The molecular weight excluding hydrogens is 370 g/mol. The zero-order chi connectivity index (χ0) is 20.1. The lowest BCUT2D eigenvalue weighted by Crippen LogP contribution is -2.42. The van der Waals surface area contributed by atoms with Crippen molar-refractivity contribution in [3.63, 3.8) is 0 Å². The van der Waals surface area contributed by atoms with Gasteiger partial charge < -0.3 is 20.3 Å². The lowest BCUT2D eigenvalue weighted by molar-refractivity contribution is 0.244. The Bertz CT molecular complexity index is 1020. The molecule has 0 aliphatic heterocycles. The van der Waals surface area contributed by atoms with Crippen molar-refractivity contribution in [1.29, 1.82) is 0 Å². The van der Waals surface area contributed by atoms with Gasteiger partial charge in [0.25, 0.3) is 5.56 Å². The van der Waals surface area contributed by atoms with Gasteiger partial charge in [-0.05, 0) is 48.6 Å². The molecule has 5 nitrogen and oxygen atoms in total. The summed E-state index contributed by atoms with van der Waals surface area (Å²) in [5.74, 6) is 0. The summed E-state index contributed by atoms with van der Waals surface area (Å²) in [6.45, 7) is 4.63. The Morgan fingerprint density at radius 1 is 1.21 bits per heavy atom. The van der Waals surface area contributed by atoms with Gasteiger partial charge in [-0.3, -0.25) is 4.79 Å². The molecule has 6 heteroatoms. The first kappa shape index (κ1) is 20.0. The zero-order valence-corrected chi connectivity index (χ0v) is 16.9. The number of fused-ring (bicyclic) bond motifs is 1. The Kier molecular flexibility index (Phi) is 6.44. The van der Waals surface area contributed by atoms with Gasteiger partial charge in [0.1, 0.15) is 0 Å². The molecule has 146 valence electrons. The van der Waals surface area contributed by atoms with Crippen LogP contribution in [-0.2, 0) is 6.54 Å². The number of nitrogens with one attached hydrogen (secondary N) is 2. The highest BCUT2D eigenvalue weighted by molar-refractivity contribution is 7.80. The highest BCUT2D eigenvalue weighted by atomic mass is 32.1. The van der Waals surface area contributed by atoms with Crippen molar-refractivity contribution >= 4 is 28.2 Å². The van der Waals surface area contributed by atoms with Crippen LogP contribution in [0.25, 0.3) is 10.9 Å². The molecule has 3 aromatic rings. The van der Waals surface area contributed by atoms with Crippen molar-refractivity contribution in [2.45, 2.75) is 26.4 Å². The smallest absolute Gasteiger partial charge is 0.253 e. The van der Waals surface area contributed by atoms with E-state index in [1.54, 1.807) is 0 Å². The number of benzene rings is 2. The summed E-state index contributed by atoms with van der Waals surface area (Å²) in [7, 11) is 0. The number of aromatic nitrogens is 1. The van der Waals surface area contributed by atoms with Gasteiger partial charge in [0, 0.05) is 12.1 Å². The summed E-state index contributed by atoms with van der Waals surface area (Å²) in [6, 6.07) is 17.9. The maximum Gasteiger partial charge on any atom is 0.253 e. The molecule has 0 bridgehead atoms. The van der Waals surface area contributed by atoms with E-state index in [0.717, 1.165) is 22.0 Å². The predicted molar refractivity (Wildman–Crippen MR) is 117 cm³/mol. The van der Waals surface area contributed by atoms with Crippen LogP contribution in [0, 0.1) is 6.92 Å². The van der Waals surface area contributed by atoms with Gasteiger partial charge in [-0.25, -0.2) is 0 Å². The molecule has 3 rings (SSSR count). The minimum Gasteiger partial charge on any atom is -0.395 e. The monoisotopic (exact) mass is 395 g/mol. The molecule has 0 aliphatic rings. The first-order chi connectivity index (χ1) is 13.5. The van der Waals surface area contributed by atoms with E-state index < -0.39 is 0 Å². The molecule has 0 fully saturated rings. The molecule has 0 saturated carbocycles. The predicted octanol–water partition coefficient (Wildman–Crippen LogP) is 3.27. The number of nitrogens with zero attached hydrogens (tertiary/aromatic N) is 1. The number of hydrogen-bond donors (Lipinski definition) is 3. The second-order valence-electron chi connectivity index (χ2n) is 6.89. The summed E-state index contributed by atoms with van der Waals surface area (Å²) in [4.78, 5) is 17.4. The maximum absolute atomic E-state index is 12.6. The molecule has 28 heavy (non-hydrogen) atoms. The molecule has 1 heterocycles. The lowest BCUT2D eigenvalue weighted by Gasteiger charge is -2.27. The fourth-order valence-electron chi connectivity index (χ4n) is 3.23. The van der Waals surface area contributed by atoms with Crippen LogP contribution in [0.2, 0.25) is 0 Å². The lowest BCUT2D eigenvalue weighted by atomic mass is 10.1. The zero-order valence-electron chi connectivity index (χ0n) is 16.1. The number of rotatable bonds is 6. The first-order valence-corrected chi connectivity index (χ1v) is 9.73. The third-order valence-electron chi connectivity index (χ3n) is 4.82. The second-order valence-corrected chi connectivity index (χ2v) is 7.28. The average molecular weight is 396 g/mol. The minimum atomic E-state index is -0.136. The van der Waals surface area contributed by atoms with E-state index in [1.165, 1.54) is 0 Å².